The van der Waals surface area contributed by atoms with Crippen LogP contribution in [0.3, 0.4) is 0 Å². The molecule has 0 atom stereocenters. The Morgan fingerprint density at radius 3 is 2.75 bits per heavy atom. The quantitative estimate of drug-likeness (QED) is 0.665. The zero-order valence-electron chi connectivity index (χ0n) is 11.2. The fourth-order valence-corrected chi connectivity index (χ4v) is 2.25. The summed E-state index contributed by atoms with van der Waals surface area (Å²) in [7, 11) is 0. The van der Waals surface area contributed by atoms with E-state index >= 15 is 0 Å². The van der Waals surface area contributed by atoms with E-state index in [-0.39, 0.29) is 0 Å². The van der Waals surface area contributed by atoms with Crippen LogP contribution in [0.4, 0.5) is 0 Å². The molecule has 0 aliphatic heterocycles. The molecule has 0 fully saturated rings. The lowest BCUT2D eigenvalue weighted by atomic mass is 10.2. The Morgan fingerprint density at radius 2 is 1.95 bits per heavy atom. The molecule has 1 aromatic carbocycles. The summed E-state index contributed by atoms with van der Waals surface area (Å²) >= 11 is 0. The van der Waals surface area contributed by atoms with Gasteiger partial charge in [0.25, 0.3) is 0 Å². The first-order valence-electron chi connectivity index (χ1n) is 6.68. The van der Waals surface area contributed by atoms with Gasteiger partial charge in [0.15, 0.2) is 5.65 Å². The van der Waals surface area contributed by atoms with Crippen LogP contribution < -0.4 is 0 Å². The molecule has 0 saturated carbocycles. The SMILES string of the molecule is C=CCCc1ncnc2c1ncn2Cc1ccccc1. The monoisotopic (exact) mass is 264 g/mol. The molecule has 0 N–H and O–H groups in total. The van der Waals surface area contributed by atoms with E-state index in [1.807, 2.05) is 30.6 Å². The lowest BCUT2D eigenvalue weighted by molar-refractivity contribution is 0.812. The molecule has 0 aliphatic carbocycles. The summed E-state index contributed by atoms with van der Waals surface area (Å²) in [6.45, 7) is 4.52. The fourth-order valence-electron chi connectivity index (χ4n) is 2.25. The van der Waals surface area contributed by atoms with E-state index in [0.717, 1.165) is 36.2 Å². The number of allylic oxidation sites excluding steroid dienone is 1. The number of rotatable bonds is 5. The molecule has 0 amide bonds. The maximum absolute atomic E-state index is 4.47. The van der Waals surface area contributed by atoms with Crippen LogP contribution in [-0.2, 0) is 13.0 Å². The Balaban J connectivity index is 1.95. The van der Waals surface area contributed by atoms with Crippen LogP contribution in [0.2, 0.25) is 0 Å². The van der Waals surface area contributed by atoms with E-state index in [9.17, 15) is 0 Å². The van der Waals surface area contributed by atoms with E-state index < -0.39 is 0 Å². The second-order valence-corrected chi connectivity index (χ2v) is 4.68. The highest BCUT2D eigenvalue weighted by atomic mass is 15.1. The van der Waals surface area contributed by atoms with Crippen molar-refractivity contribution < 1.29 is 0 Å². The zero-order valence-corrected chi connectivity index (χ0v) is 11.2. The average molecular weight is 264 g/mol. The van der Waals surface area contributed by atoms with Crippen LogP contribution >= 0.6 is 0 Å². The standard InChI is InChI=1S/C16H16N4/c1-2-3-9-14-15-16(18-11-17-14)20(12-19-15)10-13-7-5-4-6-8-13/h2,4-8,11-12H,1,3,9-10H2. The van der Waals surface area contributed by atoms with Gasteiger partial charge < -0.3 is 4.57 Å². The van der Waals surface area contributed by atoms with Gasteiger partial charge in [0.05, 0.1) is 18.6 Å². The highest BCUT2D eigenvalue weighted by Gasteiger charge is 2.09. The van der Waals surface area contributed by atoms with Gasteiger partial charge in [0.2, 0.25) is 0 Å². The third-order valence-corrected chi connectivity index (χ3v) is 3.26. The first-order chi connectivity index (χ1) is 9.88. The van der Waals surface area contributed by atoms with Crippen LogP contribution in [0.5, 0.6) is 0 Å². The van der Waals surface area contributed by atoms with Gasteiger partial charge in [-0.3, -0.25) is 0 Å². The molecule has 3 rings (SSSR count). The number of aryl methyl sites for hydroxylation is 1. The van der Waals surface area contributed by atoms with Crippen LogP contribution in [0.25, 0.3) is 11.2 Å². The summed E-state index contributed by atoms with van der Waals surface area (Å²) < 4.78 is 2.06. The molecule has 0 radical (unpaired) electrons. The van der Waals surface area contributed by atoms with Crippen molar-refractivity contribution >= 4 is 11.2 Å². The average Bonchev–Trinajstić information content (AvgIpc) is 2.90. The van der Waals surface area contributed by atoms with Gasteiger partial charge in [0.1, 0.15) is 11.8 Å². The van der Waals surface area contributed by atoms with Gasteiger partial charge in [-0.15, -0.1) is 6.58 Å². The summed E-state index contributed by atoms with van der Waals surface area (Å²) in [6.07, 6.45) is 7.10. The molecule has 0 saturated heterocycles. The van der Waals surface area contributed by atoms with E-state index in [1.165, 1.54) is 5.56 Å². The van der Waals surface area contributed by atoms with Crippen molar-refractivity contribution in [2.24, 2.45) is 0 Å². The van der Waals surface area contributed by atoms with Gasteiger partial charge >= 0.3 is 0 Å². The summed E-state index contributed by atoms with van der Waals surface area (Å²) in [5, 5.41) is 0. The smallest absolute Gasteiger partial charge is 0.163 e. The highest BCUT2D eigenvalue weighted by molar-refractivity contribution is 5.73. The molecule has 0 spiro atoms. The molecule has 100 valence electrons. The molecule has 4 heteroatoms. The third-order valence-electron chi connectivity index (χ3n) is 3.26. The zero-order chi connectivity index (χ0) is 13.8. The first kappa shape index (κ1) is 12.5. The number of fused-ring (bicyclic) bond motifs is 1. The lowest BCUT2D eigenvalue weighted by Crippen LogP contribution is -2.00. The van der Waals surface area contributed by atoms with Crippen molar-refractivity contribution in [2.45, 2.75) is 19.4 Å². The van der Waals surface area contributed by atoms with Crippen LogP contribution in [0.15, 0.2) is 55.6 Å². The maximum Gasteiger partial charge on any atom is 0.163 e. The van der Waals surface area contributed by atoms with Gasteiger partial charge in [-0.1, -0.05) is 36.4 Å². The van der Waals surface area contributed by atoms with Crippen molar-refractivity contribution in [3.8, 4) is 0 Å². The summed E-state index contributed by atoms with van der Waals surface area (Å²) in [6, 6.07) is 10.3. The Hall–Kier alpha value is -2.49. The predicted molar refractivity (Wildman–Crippen MR) is 79.4 cm³/mol. The number of imidazole rings is 1. The largest absolute Gasteiger partial charge is 0.311 e. The number of benzene rings is 1. The topological polar surface area (TPSA) is 43.6 Å². The first-order valence-corrected chi connectivity index (χ1v) is 6.68. The van der Waals surface area contributed by atoms with Crippen LogP contribution in [0, 0.1) is 0 Å². The predicted octanol–water partition coefficient (Wildman–Crippen LogP) is 2.99. The number of hydrogen-bond acceptors (Lipinski definition) is 3. The molecule has 2 aromatic heterocycles. The third kappa shape index (κ3) is 2.45. The fraction of sp³-hybridized carbons (Fsp3) is 0.188. The van der Waals surface area contributed by atoms with E-state index in [2.05, 4.69) is 38.2 Å². The second-order valence-electron chi connectivity index (χ2n) is 4.68. The Bertz CT molecular complexity index is 716. The van der Waals surface area contributed by atoms with Gasteiger partial charge in [0, 0.05) is 0 Å². The van der Waals surface area contributed by atoms with E-state index in [1.54, 1.807) is 6.33 Å². The van der Waals surface area contributed by atoms with Gasteiger partial charge in [-0.25, -0.2) is 15.0 Å². The minimum atomic E-state index is 0.773. The second kappa shape index (κ2) is 5.65. The van der Waals surface area contributed by atoms with E-state index in [4.69, 9.17) is 0 Å². The highest BCUT2D eigenvalue weighted by Crippen LogP contribution is 2.16. The Morgan fingerprint density at radius 1 is 1.10 bits per heavy atom. The molecule has 3 aromatic rings. The van der Waals surface area contributed by atoms with Gasteiger partial charge in [-0.05, 0) is 18.4 Å². The minimum Gasteiger partial charge on any atom is -0.311 e. The van der Waals surface area contributed by atoms with Gasteiger partial charge in [-0.2, -0.15) is 0 Å². The number of nitrogens with zero attached hydrogens (tertiary/aromatic N) is 4. The van der Waals surface area contributed by atoms with Crippen LogP contribution in [-0.4, -0.2) is 19.5 Å². The van der Waals surface area contributed by atoms with E-state index in [0.29, 0.717) is 0 Å². The normalized spacial score (nSPS) is 10.8. The Labute approximate surface area is 117 Å². The molecule has 0 bridgehead atoms. The number of hydrogen-bond donors (Lipinski definition) is 0. The van der Waals surface area contributed by atoms with Crippen molar-refractivity contribution in [3.05, 3.63) is 66.9 Å². The molecular weight excluding hydrogens is 248 g/mol. The molecule has 0 aliphatic rings. The minimum absolute atomic E-state index is 0.773. The van der Waals surface area contributed by atoms with Crippen molar-refractivity contribution in [1.29, 1.82) is 0 Å². The molecule has 2 heterocycles. The molecule has 0 unspecified atom stereocenters. The molecule has 20 heavy (non-hydrogen) atoms. The maximum atomic E-state index is 4.47. The Kier molecular flexibility index (Phi) is 3.54. The molecular formula is C16H16N4. The summed E-state index contributed by atoms with van der Waals surface area (Å²) in [5.41, 5.74) is 4.01. The molecule has 4 nitrogen and oxygen atoms in total. The van der Waals surface area contributed by atoms with Crippen molar-refractivity contribution in [3.63, 3.8) is 0 Å². The van der Waals surface area contributed by atoms with Crippen molar-refractivity contribution in [2.75, 3.05) is 0 Å². The summed E-state index contributed by atoms with van der Waals surface area (Å²) in [5.74, 6) is 0. The lowest BCUT2D eigenvalue weighted by Gasteiger charge is -2.04. The van der Waals surface area contributed by atoms with Crippen LogP contribution in [0.1, 0.15) is 17.7 Å². The van der Waals surface area contributed by atoms with Crippen molar-refractivity contribution in [1.82, 2.24) is 19.5 Å². The summed E-state index contributed by atoms with van der Waals surface area (Å²) in [4.78, 5) is 13.2. The number of aromatic nitrogens is 4.